The van der Waals surface area contributed by atoms with Crippen LogP contribution in [0.15, 0.2) is 164 Å². The maximum absolute atomic E-state index is 2.56. The van der Waals surface area contributed by atoms with Gasteiger partial charge in [-0.25, -0.2) is 0 Å². The molecule has 0 unspecified atom stereocenters. The highest BCUT2D eigenvalue weighted by atomic mass is 15.1. The Morgan fingerprint density at radius 1 is 0.475 bits per heavy atom. The van der Waals surface area contributed by atoms with Gasteiger partial charge in [0.05, 0.1) is 0 Å². The smallest absolute Gasteiger partial charge is 0.0176 e. The van der Waals surface area contributed by atoms with E-state index in [1.807, 2.05) is 0 Å². The first-order chi connectivity index (χ1) is 19.8. The zero-order valence-corrected chi connectivity index (χ0v) is 23.2. The van der Waals surface area contributed by atoms with Gasteiger partial charge in [0.25, 0.3) is 0 Å². The Hall–Kier alpha value is -4.46. The van der Waals surface area contributed by atoms with E-state index in [4.69, 9.17) is 0 Å². The Morgan fingerprint density at radius 2 is 0.775 bits per heavy atom. The first-order valence-electron chi connectivity index (χ1n) is 14.2. The summed E-state index contributed by atoms with van der Waals surface area (Å²) in [6.07, 6.45) is 4.81. The van der Waals surface area contributed by atoms with E-state index >= 15 is 0 Å². The van der Waals surface area contributed by atoms with Crippen molar-refractivity contribution in [2.24, 2.45) is 0 Å². The molecule has 0 saturated carbocycles. The number of hydrogen-bond acceptors (Lipinski definition) is 1. The molecule has 0 spiro atoms. The second-order valence-corrected chi connectivity index (χ2v) is 10.2. The SMILES string of the molecule is C[C@@H](CN(CC=C(c1ccccc1)c1ccccc1)CC=C(c1ccccc1)c1ccccc1)c1ccccc1. The van der Waals surface area contributed by atoms with Gasteiger partial charge >= 0.3 is 0 Å². The number of nitrogens with zero attached hydrogens (tertiary/aromatic N) is 1. The lowest BCUT2D eigenvalue weighted by Gasteiger charge is -2.25. The van der Waals surface area contributed by atoms with Crippen LogP contribution in [0.2, 0.25) is 0 Å². The lowest BCUT2D eigenvalue weighted by molar-refractivity contribution is 0.317. The van der Waals surface area contributed by atoms with Gasteiger partial charge in [0.1, 0.15) is 0 Å². The quantitative estimate of drug-likeness (QED) is 0.168. The Bertz CT molecular complexity index is 1310. The predicted molar refractivity (Wildman–Crippen MR) is 171 cm³/mol. The lowest BCUT2D eigenvalue weighted by atomic mass is 9.96. The summed E-state index contributed by atoms with van der Waals surface area (Å²) in [6, 6.07) is 53.8. The van der Waals surface area contributed by atoms with Crippen molar-refractivity contribution in [2.45, 2.75) is 12.8 Å². The number of rotatable bonds is 11. The fourth-order valence-electron chi connectivity index (χ4n) is 5.21. The average Bonchev–Trinajstić information content (AvgIpc) is 3.03. The van der Waals surface area contributed by atoms with E-state index in [-0.39, 0.29) is 0 Å². The second kappa shape index (κ2) is 14.1. The zero-order valence-electron chi connectivity index (χ0n) is 23.2. The first kappa shape index (κ1) is 27.1. The molecule has 0 N–H and O–H groups in total. The van der Waals surface area contributed by atoms with Gasteiger partial charge in [-0.05, 0) is 44.9 Å². The Kier molecular flexibility index (Phi) is 9.54. The molecule has 0 radical (unpaired) electrons. The molecule has 0 bridgehead atoms. The van der Waals surface area contributed by atoms with Crippen molar-refractivity contribution in [2.75, 3.05) is 19.6 Å². The number of benzene rings is 5. The van der Waals surface area contributed by atoms with Gasteiger partial charge < -0.3 is 0 Å². The molecular weight excluding hydrogens is 482 g/mol. The summed E-state index contributed by atoms with van der Waals surface area (Å²) in [5.41, 5.74) is 8.90. The van der Waals surface area contributed by atoms with Crippen molar-refractivity contribution in [3.8, 4) is 0 Å². The minimum Gasteiger partial charge on any atom is -0.295 e. The third kappa shape index (κ3) is 7.34. The highest BCUT2D eigenvalue weighted by Gasteiger charge is 2.13. The van der Waals surface area contributed by atoms with Crippen LogP contribution in [0.5, 0.6) is 0 Å². The van der Waals surface area contributed by atoms with Crippen LogP contribution in [0.25, 0.3) is 11.1 Å². The first-order valence-corrected chi connectivity index (χ1v) is 14.2. The van der Waals surface area contributed by atoms with Gasteiger partial charge in [-0.1, -0.05) is 171 Å². The fourth-order valence-corrected chi connectivity index (χ4v) is 5.21. The Labute approximate surface area is 239 Å². The molecule has 0 aliphatic carbocycles. The molecule has 0 heterocycles. The van der Waals surface area contributed by atoms with E-state index < -0.39 is 0 Å². The summed E-state index contributed by atoms with van der Waals surface area (Å²) >= 11 is 0. The molecule has 40 heavy (non-hydrogen) atoms. The summed E-state index contributed by atoms with van der Waals surface area (Å²) < 4.78 is 0. The van der Waals surface area contributed by atoms with Crippen LogP contribution < -0.4 is 0 Å². The van der Waals surface area contributed by atoms with E-state index in [1.165, 1.54) is 39.0 Å². The molecule has 198 valence electrons. The van der Waals surface area contributed by atoms with Crippen LogP contribution in [-0.2, 0) is 0 Å². The standard InChI is InChI=1S/C39H37N/c1-32(33-17-7-2-8-18-33)31-40(29-27-38(34-19-9-3-10-20-34)35-21-11-4-12-22-35)30-28-39(36-23-13-5-14-24-36)37-25-15-6-16-26-37/h2-28,32H,29-31H2,1H3/t32-/m0/s1. The molecule has 0 aliphatic heterocycles. The van der Waals surface area contributed by atoms with Gasteiger partial charge in [-0.3, -0.25) is 4.90 Å². The molecule has 0 saturated heterocycles. The number of hydrogen-bond donors (Lipinski definition) is 0. The molecule has 0 fully saturated rings. The van der Waals surface area contributed by atoms with Gasteiger partial charge in [-0.2, -0.15) is 0 Å². The summed E-state index contributed by atoms with van der Waals surface area (Å²) in [7, 11) is 0. The minimum atomic E-state index is 0.414. The van der Waals surface area contributed by atoms with Gasteiger partial charge in [0, 0.05) is 19.6 Å². The van der Waals surface area contributed by atoms with Gasteiger partial charge in [0.2, 0.25) is 0 Å². The predicted octanol–water partition coefficient (Wildman–Crippen LogP) is 9.36. The molecule has 5 aromatic carbocycles. The third-order valence-electron chi connectivity index (χ3n) is 7.35. The zero-order chi connectivity index (χ0) is 27.4. The summed E-state index contributed by atoms with van der Waals surface area (Å²) in [5, 5.41) is 0. The van der Waals surface area contributed by atoms with Crippen molar-refractivity contribution in [1.29, 1.82) is 0 Å². The van der Waals surface area contributed by atoms with Crippen molar-refractivity contribution in [1.82, 2.24) is 4.90 Å². The molecule has 0 aliphatic rings. The topological polar surface area (TPSA) is 3.24 Å². The van der Waals surface area contributed by atoms with E-state index in [1.54, 1.807) is 0 Å². The van der Waals surface area contributed by atoms with Crippen LogP contribution >= 0.6 is 0 Å². The molecular formula is C39H37N. The maximum Gasteiger partial charge on any atom is 0.0176 e. The monoisotopic (exact) mass is 519 g/mol. The van der Waals surface area contributed by atoms with Crippen molar-refractivity contribution < 1.29 is 0 Å². The highest BCUT2D eigenvalue weighted by molar-refractivity contribution is 5.80. The Balaban J connectivity index is 1.49. The van der Waals surface area contributed by atoms with Crippen molar-refractivity contribution in [3.05, 3.63) is 192 Å². The molecule has 0 aromatic heterocycles. The van der Waals surface area contributed by atoms with Crippen molar-refractivity contribution in [3.63, 3.8) is 0 Å². The molecule has 1 heteroatoms. The van der Waals surface area contributed by atoms with Crippen LogP contribution in [0, 0.1) is 0 Å². The summed E-state index contributed by atoms with van der Waals surface area (Å²) in [4.78, 5) is 2.56. The lowest BCUT2D eigenvalue weighted by Crippen LogP contribution is -2.29. The largest absolute Gasteiger partial charge is 0.295 e. The van der Waals surface area contributed by atoms with E-state index in [0.717, 1.165) is 19.6 Å². The van der Waals surface area contributed by atoms with Gasteiger partial charge in [-0.15, -0.1) is 0 Å². The van der Waals surface area contributed by atoms with E-state index in [0.29, 0.717) is 5.92 Å². The molecule has 0 amide bonds. The second-order valence-electron chi connectivity index (χ2n) is 10.2. The molecule has 1 atom stereocenters. The van der Waals surface area contributed by atoms with Crippen LogP contribution in [0.3, 0.4) is 0 Å². The average molecular weight is 520 g/mol. The summed E-state index contributed by atoms with van der Waals surface area (Å²) in [6.45, 7) is 5.00. The van der Waals surface area contributed by atoms with Crippen molar-refractivity contribution >= 4 is 11.1 Å². The van der Waals surface area contributed by atoms with Crippen LogP contribution in [0.1, 0.15) is 40.7 Å². The molecule has 1 nitrogen and oxygen atoms in total. The van der Waals surface area contributed by atoms with Crippen LogP contribution in [0.4, 0.5) is 0 Å². The van der Waals surface area contributed by atoms with Crippen LogP contribution in [-0.4, -0.2) is 24.5 Å². The highest BCUT2D eigenvalue weighted by Crippen LogP contribution is 2.26. The molecule has 5 aromatic rings. The van der Waals surface area contributed by atoms with E-state index in [9.17, 15) is 0 Å². The van der Waals surface area contributed by atoms with Gasteiger partial charge in [0.15, 0.2) is 0 Å². The third-order valence-corrected chi connectivity index (χ3v) is 7.35. The molecule has 5 rings (SSSR count). The fraction of sp³-hybridized carbons (Fsp3) is 0.128. The maximum atomic E-state index is 2.56. The van der Waals surface area contributed by atoms with E-state index in [2.05, 4.69) is 176 Å². The minimum absolute atomic E-state index is 0.414. The Morgan fingerprint density at radius 3 is 1.10 bits per heavy atom. The normalized spacial score (nSPS) is 11.6. The summed E-state index contributed by atoms with van der Waals surface area (Å²) in [5.74, 6) is 0.414.